The number of rotatable bonds is 5. The van der Waals surface area contributed by atoms with Crippen LogP contribution in [0.2, 0.25) is 0 Å². The maximum Gasteiger partial charge on any atom is 0.225 e. The highest BCUT2D eigenvalue weighted by Gasteiger charge is 2.29. The topological polar surface area (TPSA) is 76.7 Å². The van der Waals surface area contributed by atoms with Crippen LogP contribution in [0.3, 0.4) is 0 Å². The lowest BCUT2D eigenvalue weighted by atomic mass is 9.84. The zero-order valence-electron chi connectivity index (χ0n) is 15.4. The molecule has 1 atom stereocenters. The average Bonchev–Trinajstić information content (AvgIpc) is 2.67. The second kappa shape index (κ2) is 7.65. The molecular formula is C20H21FN2O4. The molecule has 0 saturated heterocycles. The molecule has 2 aromatic carbocycles. The van der Waals surface area contributed by atoms with Gasteiger partial charge in [-0.15, -0.1) is 0 Å². The quantitative estimate of drug-likeness (QED) is 0.840. The van der Waals surface area contributed by atoms with Gasteiger partial charge in [-0.25, -0.2) is 4.39 Å². The molecule has 0 aromatic heterocycles. The predicted molar refractivity (Wildman–Crippen MR) is 100.0 cm³/mol. The largest absolute Gasteiger partial charge is 0.494 e. The number of nitrogens with one attached hydrogen (secondary N) is 2. The molecular weight excluding hydrogens is 351 g/mol. The predicted octanol–water partition coefficient (Wildman–Crippen LogP) is 3.67. The standard InChI is InChI=1S/C20H21FN2O4/c1-4-19(24)23-16-8-13-12(11-5-6-14(21)17(7-11)26-2)9-20(25)22-15(13)10-18(16)27-3/h5-8,10,12H,4,9H2,1-3H3,(H,22,25)(H,23,24)/t12-/m0/s1. The number of amides is 2. The van der Waals surface area contributed by atoms with Gasteiger partial charge in [0, 0.05) is 30.5 Å². The summed E-state index contributed by atoms with van der Waals surface area (Å²) in [6, 6.07) is 8.03. The molecule has 0 saturated carbocycles. The van der Waals surface area contributed by atoms with E-state index in [0.29, 0.717) is 23.5 Å². The lowest BCUT2D eigenvalue weighted by Crippen LogP contribution is -2.24. The van der Waals surface area contributed by atoms with Crippen molar-refractivity contribution < 1.29 is 23.5 Å². The molecule has 1 aliphatic rings. The second-order valence-electron chi connectivity index (χ2n) is 6.24. The van der Waals surface area contributed by atoms with E-state index in [1.165, 1.54) is 20.3 Å². The summed E-state index contributed by atoms with van der Waals surface area (Å²) in [6.07, 6.45) is 0.533. The summed E-state index contributed by atoms with van der Waals surface area (Å²) < 4.78 is 24.2. The van der Waals surface area contributed by atoms with Crippen LogP contribution in [0.4, 0.5) is 15.8 Å². The summed E-state index contributed by atoms with van der Waals surface area (Å²) in [4.78, 5) is 24.1. The van der Waals surface area contributed by atoms with E-state index in [1.807, 2.05) is 0 Å². The number of methoxy groups -OCH3 is 2. The molecule has 6 nitrogen and oxygen atoms in total. The fourth-order valence-corrected chi connectivity index (χ4v) is 3.19. The Bertz CT molecular complexity index is 898. The zero-order chi connectivity index (χ0) is 19.6. The van der Waals surface area contributed by atoms with Gasteiger partial charge >= 0.3 is 0 Å². The first-order chi connectivity index (χ1) is 13.0. The number of ether oxygens (including phenoxy) is 2. The van der Waals surface area contributed by atoms with Crippen LogP contribution in [0.1, 0.15) is 36.8 Å². The van der Waals surface area contributed by atoms with Gasteiger partial charge in [-0.3, -0.25) is 9.59 Å². The first kappa shape index (κ1) is 18.7. The van der Waals surface area contributed by atoms with Gasteiger partial charge in [-0.2, -0.15) is 0 Å². The molecule has 0 fully saturated rings. The lowest BCUT2D eigenvalue weighted by Gasteiger charge is -2.28. The van der Waals surface area contributed by atoms with Crippen molar-refractivity contribution in [3.05, 3.63) is 47.3 Å². The third-order valence-corrected chi connectivity index (χ3v) is 4.58. The van der Waals surface area contributed by atoms with Crippen LogP contribution < -0.4 is 20.1 Å². The van der Waals surface area contributed by atoms with Gasteiger partial charge in [-0.1, -0.05) is 13.0 Å². The van der Waals surface area contributed by atoms with Crippen LogP contribution in [0.25, 0.3) is 0 Å². The SMILES string of the molecule is CCC(=O)Nc1cc2c(cc1OC)NC(=O)C[C@H]2c1ccc(F)c(OC)c1. The van der Waals surface area contributed by atoms with Crippen molar-refractivity contribution in [2.75, 3.05) is 24.9 Å². The summed E-state index contributed by atoms with van der Waals surface area (Å²) in [6.45, 7) is 1.76. The molecule has 1 heterocycles. The average molecular weight is 372 g/mol. The third kappa shape index (κ3) is 3.72. The van der Waals surface area contributed by atoms with E-state index in [0.717, 1.165) is 11.1 Å². The molecule has 0 spiro atoms. The number of halogens is 1. The van der Waals surface area contributed by atoms with Crippen molar-refractivity contribution in [3.63, 3.8) is 0 Å². The molecule has 2 amide bonds. The number of hydrogen-bond donors (Lipinski definition) is 2. The lowest BCUT2D eigenvalue weighted by molar-refractivity contribution is -0.117. The Hall–Kier alpha value is -3.09. The highest BCUT2D eigenvalue weighted by Crippen LogP contribution is 2.43. The second-order valence-corrected chi connectivity index (χ2v) is 6.24. The van der Waals surface area contributed by atoms with Crippen molar-refractivity contribution in [1.29, 1.82) is 0 Å². The van der Waals surface area contributed by atoms with E-state index in [9.17, 15) is 14.0 Å². The summed E-state index contributed by atoms with van der Waals surface area (Å²) in [5, 5.41) is 5.65. The van der Waals surface area contributed by atoms with Crippen LogP contribution >= 0.6 is 0 Å². The van der Waals surface area contributed by atoms with E-state index in [4.69, 9.17) is 9.47 Å². The minimum absolute atomic E-state index is 0.119. The molecule has 0 radical (unpaired) electrons. The van der Waals surface area contributed by atoms with Crippen LogP contribution in [0.5, 0.6) is 11.5 Å². The Balaban J connectivity index is 2.10. The van der Waals surface area contributed by atoms with E-state index in [1.54, 1.807) is 31.2 Å². The van der Waals surface area contributed by atoms with Gasteiger partial charge in [-0.05, 0) is 29.3 Å². The first-order valence-corrected chi connectivity index (χ1v) is 8.61. The van der Waals surface area contributed by atoms with E-state index >= 15 is 0 Å². The number of fused-ring (bicyclic) bond motifs is 1. The molecule has 0 aliphatic carbocycles. The van der Waals surface area contributed by atoms with Crippen LogP contribution in [-0.4, -0.2) is 26.0 Å². The van der Waals surface area contributed by atoms with Crippen molar-refractivity contribution >= 4 is 23.2 Å². The molecule has 0 unspecified atom stereocenters. The maximum atomic E-state index is 13.8. The molecule has 27 heavy (non-hydrogen) atoms. The van der Waals surface area contributed by atoms with Crippen LogP contribution in [-0.2, 0) is 9.59 Å². The third-order valence-electron chi connectivity index (χ3n) is 4.58. The number of anilines is 2. The highest BCUT2D eigenvalue weighted by atomic mass is 19.1. The number of carbonyl (C=O) groups excluding carboxylic acids is 2. The van der Waals surface area contributed by atoms with Crippen LogP contribution in [0.15, 0.2) is 30.3 Å². The molecule has 2 N–H and O–H groups in total. The summed E-state index contributed by atoms with van der Waals surface area (Å²) in [5.41, 5.74) is 2.70. The Morgan fingerprint density at radius 2 is 1.96 bits per heavy atom. The van der Waals surface area contributed by atoms with Gasteiger partial charge in [0.2, 0.25) is 11.8 Å². The Morgan fingerprint density at radius 3 is 2.63 bits per heavy atom. The smallest absolute Gasteiger partial charge is 0.225 e. The number of carbonyl (C=O) groups is 2. The van der Waals surface area contributed by atoms with Gasteiger partial charge in [0.15, 0.2) is 11.6 Å². The van der Waals surface area contributed by atoms with Gasteiger partial charge < -0.3 is 20.1 Å². The summed E-state index contributed by atoms with van der Waals surface area (Å²) in [5.74, 6) is -0.490. The summed E-state index contributed by atoms with van der Waals surface area (Å²) in [7, 11) is 2.89. The van der Waals surface area contributed by atoms with E-state index in [-0.39, 0.29) is 29.9 Å². The van der Waals surface area contributed by atoms with Crippen molar-refractivity contribution in [1.82, 2.24) is 0 Å². The fraction of sp³-hybridized carbons (Fsp3) is 0.300. The molecule has 7 heteroatoms. The van der Waals surface area contributed by atoms with Crippen LogP contribution in [0, 0.1) is 5.82 Å². The molecule has 3 rings (SSSR count). The van der Waals surface area contributed by atoms with Crippen molar-refractivity contribution in [3.8, 4) is 11.5 Å². The van der Waals surface area contributed by atoms with Gasteiger partial charge in [0.05, 0.1) is 19.9 Å². The minimum atomic E-state index is -0.465. The molecule has 2 aromatic rings. The summed E-state index contributed by atoms with van der Waals surface area (Å²) >= 11 is 0. The van der Waals surface area contributed by atoms with E-state index in [2.05, 4.69) is 10.6 Å². The maximum absolute atomic E-state index is 13.8. The molecule has 142 valence electrons. The Labute approximate surface area is 156 Å². The van der Waals surface area contributed by atoms with Gasteiger partial charge in [0.25, 0.3) is 0 Å². The minimum Gasteiger partial charge on any atom is -0.494 e. The molecule has 1 aliphatic heterocycles. The molecule has 0 bridgehead atoms. The first-order valence-electron chi connectivity index (χ1n) is 8.61. The van der Waals surface area contributed by atoms with Crippen molar-refractivity contribution in [2.45, 2.75) is 25.7 Å². The number of hydrogen-bond acceptors (Lipinski definition) is 4. The highest BCUT2D eigenvalue weighted by molar-refractivity contribution is 5.98. The van der Waals surface area contributed by atoms with Gasteiger partial charge in [0.1, 0.15) is 5.75 Å². The van der Waals surface area contributed by atoms with E-state index < -0.39 is 5.82 Å². The fourth-order valence-electron chi connectivity index (χ4n) is 3.19. The Kier molecular flexibility index (Phi) is 5.30. The Morgan fingerprint density at radius 1 is 1.22 bits per heavy atom. The monoisotopic (exact) mass is 372 g/mol. The number of benzene rings is 2. The zero-order valence-corrected chi connectivity index (χ0v) is 15.4. The van der Waals surface area contributed by atoms with Crippen molar-refractivity contribution in [2.24, 2.45) is 0 Å². The normalized spacial score (nSPS) is 15.6.